The predicted octanol–water partition coefficient (Wildman–Crippen LogP) is 3.01. The highest BCUT2D eigenvalue weighted by atomic mass is 79.9. The van der Waals surface area contributed by atoms with Crippen molar-refractivity contribution in [1.29, 1.82) is 0 Å². The summed E-state index contributed by atoms with van der Waals surface area (Å²) in [7, 11) is -3.28. The van der Waals surface area contributed by atoms with E-state index in [9.17, 15) is 8.42 Å². The number of hydrogen-bond acceptors (Lipinski definition) is 2. The number of sulfonamides is 1. The number of halogens is 1. The van der Waals surface area contributed by atoms with E-state index in [1.807, 2.05) is 38.1 Å². The Bertz CT molecular complexity index is 478. The van der Waals surface area contributed by atoms with Crippen molar-refractivity contribution in [2.45, 2.75) is 38.5 Å². The van der Waals surface area contributed by atoms with Crippen molar-refractivity contribution >= 4 is 26.0 Å². The van der Waals surface area contributed by atoms with Crippen molar-refractivity contribution in [3.63, 3.8) is 0 Å². The van der Waals surface area contributed by atoms with Gasteiger partial charge in [-0.15, -0.1) is 0 Å². The minimum Gasteiger partial charge on any atom is -0.212 e. The summed E-state index contributed by atoms with van der Waals surface area (Å²) in [4.78, 5) is 0. The Morgan fingerprint density at radius 1 is 1.18 bits per heavy atom. The number of rotatable bonds is 4. The van der Waals surface area contributed by atoms with E-state index in [-0.39, 0.29) is 0 Å². The smallest absolute Gasteiger partial charge is 0.212 e. The van der Waals surface area contributed by atoms with Gasteiger partial charge in [-0.2, -0.15) is 0 Å². The summed E-state index contributed by atoms with van der Waals surface area (Å²) < 4.78 is 27.4. The van der Waals surface area contributed by atoms with E-state index in [0.29, 0.717) is 0 Å². The average Bonchev–Trinajstić information content (AvgIpc) is 2.16. The maximum Gasteiger partial charge on any atom is 0.214 e. The molecule has 0 aliphatic heterocycles. The van der Waals surface area contributed by atoms with E-state index in [1.165, 1.54) is 0 Å². The van der Waals surface area contributed by atoms with Crippen LogP contribution in [0.25, 0.3) is 0 Å². The lowest BCUT2D eigenvalue weighted by atomic mass is 9.96. The summed E-state index contributed by atoms with van der Waals surface area (Å²) in [6.45, 7) is 7.05. The standard InChI is InChI=1S/C12H18BrNO2S/c1-9(2)17(15,16)14-12(3,4)10-5-7-11(13)8-6-10/h5-9,14H,1-4H3. The van der Waals surface area contributed by atoms with Crippen LogP contribution in [0.4, 0.5) is 0 Å². The van der Waals surface area contributed by atoms with Crippen LogP contribution in [0.15, 0.2) is 28.7 Å². The van der Waals surface area contributed by atoms with Gasteiger partial charge < -0.3 is 0 Å². The molecule has 1 N–H and O–H groups in total. The number of nitrogens with one attached hydrogen (secondary N) is 1. The van der Waals surface area contributed by atoms with Crippen molar-refractivity contribution in [3.05, 3.63) is 34.3 Å². The van der Waals surface area contributed by atoms with Crippen molar-refractivity contribution in [2.24, 2.45) is 0 Å². The molecule has 17 heavy (non-hydrogen) atoms. The number of hydrogen-bond donors (Lipinski definition) is 1. The molecule has 96 valence electrons. The minimum absolute atomic E-state index is 0.433. The van der Waals surface area contributed by atoms with Gasteiger partial charge in [-0.1, -0.05) is 28.1 Å². The van der Waals surface area contributed by atoms with Gasteiger partial charge in [-0.05, 0) is 45.4 Å². The zero-order valence-electron chi connectivity index (χ0n) is 10.5. The third kappa shape index (κ3) is 3.79. The van der Waals surface area contributed by atoms with Crippen LogP contribution < -0.4 is 4.72 Å². The molecule has 1 aromatic rings. The molecule has 1 aromatic carbocycles. The van der Waals surface area contributed by atoms with Crippen molar-refractivity contribution in [3.8, 4) is 0 Å². The molecule has 0 aliphatic carbocycles. The molecular formula is C12H18BrNO2S. The third-order valence-corrected chi connectivity index (χ3v) is 5.15. The van der Waals surface area contributed by atoms with Gasteiger partial charge in [0.1, 0.15) is 0 Å². The molecule has 3 nitrogen and oxygen atoms in total. The summed E-state index contributed by atoms with van der Waals surface area (Å²) in [5.74, 6) is 0. The van der Waals surface area contributed by atoms with E-state index in [2.05, 4.69) is 20.7 Å². The molecule has 0 spiro atoms. The lowest BCUT2D eigenvalue weighted by Gasteiger charge is -2.27. The first-order valence-corrected chi connectivity index (χ1v) is 7.78. The van der Waals surface area contributed by atoms with Crippen molar-refractivity contribution < 1.29 is 8.42 Å². The van der Waals surface area contributed by atoms with Gasteiger partial charge in [0.05, 0.1) is 10.8 Å². The Balaban J connectivity index is 3.00. The van der Waals surface area contributed by atoms with Gasteiger partial charge >= 0.3 is 0 Å². The molecule has 0 unspecified atom stereocenters. The van der Waals surface area contributed by atoms with Crippen LogP contribution in [-0.4, -0.2) is 13.7 Å². The average molecular weight is 320 g/mol. The molecule has 0 atom stereocenters. The van der Waals surface area contributed by atoms with Gasteiger partial charge in [0.15, 0.2) is 0 Å². The molecule has 0 aromatic heterocycles. The lowest BCUT2D eigenvalue weighted by Crippen LogP contribution is -2.44. The summed E-state index contributed by atoms with van der Waals surface area (Å²) in [5.41, 5.74) is 0.328. The summed E-state index contributed by atoms with van der Waals surface area (Å²) in [5, 5.41) is -0.433. The topological polar surface area (TPSA) is 46.2 Å². The molecular weight excluding hydrogens is 302 g/mol. The second kappa shape index (κ2) is 5.08. The van der Waals surface area contributed by atoms with Crippen LogP contribution >= 0.6 is 15.9 Å². The van der Waals surface area contributed by atoms with Crippen LogP contribution in [0.1, 0.15) is 33.3 Å². The van der Waals surface area contributed by atoms with E-state index >= 15 is 0 Å². The Hall–Kier alpha value is -0.390. The molecule has 0 heterocycles. The fraction of sp³-hybridized carbons (Fsp3) is 0.500. The molecule has 0 saturated carbocycles. The zero-order chi connectivity index (χ0) is 13.3. The quantitative estimate of drug-likeness (QED) is 0.927. The maximum atomic E-state index is 11.9. The molecule has 0 saturated heterocycles. The second-order valence-electron chi connectivity index (χ2n) is 4.83. The van der Waals surface area contributed by atoms with Crippen molar-refractivity contribution in [2.75, 3.05) is 0 Å². The zero-order valence-corrected chi connectivity index (χ0v) is 12.9. The first-order valence-electron chi connectivity index (χ1n) is 5.44. The molecule has 0 radical (unpaired) electrons. The normalized spacial score (nSPS) is 13.1. The van der Waals surface area contributed by atoms with Gasteiger partial charge in [-0.3, -0.25) is 0 Å². The van der Waals surface area contributed by atoms with Gasteiger partial charge in [0, 0.05) is 4.47 Å². The van der Waals surface area contributed by atoms with E-state index in [1.54, 1.807) is 13.8 Å². The Morgan fingerprint density at radius 2 is 1.65 bits per heavy atom. The van der Waals surface area contributed by atoms with Crippen LogP contribution in [-0.2, 0) is 15.6 Å². The van der Waals surface area contributed by atoms with E-state index in [4.69, 9.17) is 0 Å². The monoisotopic (exact) mass is 319 g/mol. The highest BCUT2D eigenvalue weighted by molar-refractivity contribution is 9.10. The summed E-state index contributed by atoms with van der Waals surface area (Å²) >= 11 is 3.36. The molecule has 0 amide bonds. The molecule has 0 aliphatic rings. The second-order valence-corrected chi connectivity index (χ2v) is 7.98. The first-order chi connectivity index (χ1) is 7.65. The minimum atomic E-state index is -3.28. The van der Waals surface area contributed by atoms with Crippen LogP contribution in [0.3, 0.4) is 0 Å². The highest BCUT2D eigenvalue weighted by Gasteiger charge is 2.28. The van der Waals surface area contributed by atoms with E-state index in [0.717, 1.165) is 10.0 Å². The predicted molar refractivity (Wildman–Crippen MR) is 74.4 cm³/mol. The first kappa shape index (κ1) is 14.7. The fourth-order valence-corrected chi connectivity index (χ4v) is 2.73. The lowest BCUT2D eigenvalue weighted by molar-refractivity contribution is 0.468. The Morgan fingerprint density at radius 3 is 2.06 bits per heavy atom. The largest absolute Gasteiger partial charge is 0.214 e. The molecule has 0 bridgehead atoms. The van der Waals surface area contributed by atoms with Crippen LogP contribution in [0, 0.1) is 0 Å². The third-order valence-electron chi connectivity index (χ3n) is 2.58. The SMILES string of the molecule is CC(C)S(=O)(=O)NC(C)(C)c1ccc(Br)cc1. The summed E-state index contributed by atoms with van der Waals surface area (Å²) in [6, 6.07) is 7.63. The number of benzene rings is 1. The van der Waals surface area contributed by atoms with Crippen LogP contribution in [0.5, 0.6) is 0 Å². The summed E-state index contributed by atoms with van der Waals surface area (Å²) in [6.07, 6.45) is 0. The van der Waals surface area contributed by atoms with Crippen molar-refractivity contribution in [1.82, 2.24) is 4.72 Å². The highest BCUT2D eigenvalue weighted by Crippen LogP contribution is 2.23. The molecule has 1 rings (SSSR count). The Kier molecular flexibility index (Phi) is 4.38. The maximum absolute atomic E-state index is 11.9. The molecule has 5 heteroatoms. The van der Waals surface area contributed by atoms with Crippen LogP contribution in [0.2, 0.25) is 0 Å². The van der Waals surface area contributed by atoms with Gasteiger partial charge in [0.25, 0.3) is 0 Å². The van der Waals surface area contributed by atoms with E-state index < -0.39 is 20.8 Å². The van der Waals surface area contributed by atoms with Gasteiger partial charge in [0.2, 0.25) is 10.0 Å². The molecule has 0 fully saturated rings. The van der Waals surface area contributed by atoms with Gasteiger partial charge in [-0.25, -0.2) is 13.1 Å². The Labute approximate surface area is 112 Å². The fourth-order valence-electron chi connectivity index (χ4n) is 1.40.